The number of halogens is 1. The molecule has 0 amide bonds. The van der Waals surface area contributed by atoms with E-state index in [0.29, 0.717) is 29.8 Å². The maximum Gasteiger partial charge on any atom is 0.244 e. The third-order valence-electron chi connectivity index (χ3n) is 2.57. The predicted molar refractivity (Wildman–Crippen MR) is 87.1 cm³/mol. The molecule has 0 aliphatic carbocycles. The van der Waals surface area contributed by atoms with Gasteiger partial charge in [-0.25, -0.2) is 23.1 Å². The molecule has 6 nitrogen and oxygen atoms in total. The van der Waals surface area contributed by atoms with Gasteiger partial charge in [0.05, 0.1) is 5.01 Å². The van der Waals surface area contributed by atoms with Crippen molar-refractivity contribution >= 4 is 43.1 Å². The quantitative estimate of drug-likeness (QED) is 0.757. The van der Waals surface area contributed by atoms with Gasteiger partial charge >= 0.3 is 0 Å². The molecule has 0 spiro atoms. The van der Waals surface area contributed by atoms with Crippen molar-refractivity contribution in [3.05, 3.63) is 33.3 Å². The summed E-state index contributed by atoms with van der Waals surface area (Å²) in [6.45, 7) is 2.78. The average Bonchev–Trinajstić information content (AvgIpc) is 2.94. The van der Waals surface area contributed by atoms with Crippen LogP contribution in [0.5, 0.6) is 0 Å². The van der Waals surface area contributed by atoms with E-state index in [1.165, 1.54) is 17.4 Å². The Balaban J connectivity index is 2.12. The molecule has 0 radical (unpaired) electrons. The Bertz CT molecular complexity index is 689. The second-order valence-electron chi connectivity index (χ2n) is 4.10. The Morgan fingerprint density at radius 2 is 2.19 bits per heavy atom. The van der Waals surface area contributed by atoms with E-state index in [4.69, 9.17) is 0 Å². The van der Waals surface area contributed by atoms with Crippen molar-refractivity contribution in [2.45, 2.75) is 18.2 Å². The summed E-state index contributed by atoms with van der Waals surface area (Å²) in [5, 5.41) is 5.72. The van der Waals surface area contributed by atoms with Gasteiger partial charge in [-0.3, -0.25) is 0 Å². The summed E-state index contributed by atoms with van der Waals surface area (Å²) in [6, 6.07) is 1.54. The fraction of sp³-hybridized carbons (Fsp3) is 0.333. The summed E-state index contributed by atoms with van der Waals surface area (Å²) in [5.74, 6) is 0.349. The monoisotopic (exact) mass is 390 g/mol. The topological polar surface area (TPSA) is 84.0 Å². The van der Waals surface area contributed by atoms with E-state index in [0.717, 1.165) is 5.01 Å². The highest BCUT2D eigenvalue weighted by molar-refractivity contribution is 9.10. The molecule has 21 heavy (non-hydrogen) atoms. The highest BCUT2D eigenvalue weighted by Crippen LogP contribution is 2.22. The van der Waals surface area contributed by atoms with Crippen LogP contribution in [0.4, 0.5) is 5.82 Å². The molecule has 2 N–H and O–H groups in total. The fourth-order valence-electron chi connectivity index (χ4n) is 1.67. The van der Waals surface area contributed by atoms with Gasteiger partial charge in [-0.15, -0.1) is 11.3 Å². The molecular formula is C12H15BrN4O2S2. The van der Waals surface area contributed by atoms with E-state index >= 15 is 0 Å². The summed E-state index contributed by atoms with van der Waals surface area (Å²) in [7, 11) is -3.62. The number of sulfonamides is 1. The van der Waals surface area contributed by atoms with Gasteiger partial charge in [0.1, 0.15) is 10.7 Å². The van der Waals surface area contributed by atoms with Gasteiger partial charge in [-0.1, -0.05) is 0 Å². The van der Waals surface area contributed by atoms with Gasteiger partial charge < -0.3 is 5.32 Å². The normalized spacial score (nSPS) is 11.5. The highest BCUT2D eigenvalue weighted by atomic mass is 79.9. The van der Waals surface area contributed by atoms with Crippen LogP contribution in [-0.2, 0) is 16.4 Å². The summed E-state index contributed by atoms with van der Waals surface area (Å²) >= 11 is 4.75. The van der Waals surface area contributed by atoms with Crippen LogP contribution in [0.3, 0.4) is 0 Å². The first-order valence-corrected chi connectivity index (χ1v) is 9.46. The largest absolute Gasteiger partial charge is 0.369 e. The van der Waals surface area contributed by atoms with Crippen molar-refractivity contribution in [3.8, 4) is 0 Å². The van der Waals surface area contributed by atoms with E-state index in [1.54, 1.807) is 12.4 Å². The Morgan fingerprint density at radius 3 is 2.86 bits per heavy atom. The minimum absolute atomic E-state index is 0.137. The van der Waals surface area contributed by atoms with Gasteiger partial charge in [0, 0.05) is 41.8 Å². The van der Waals surface area contributed by atoms with Gasteiger partial charge in [-0.2, -0.15) is 0 Å². The second kappa shape index (κ2) is 7.30. The Morgan fingerprint density at radius 1 is 1.38 bits per heavy atom. The molecule has 0 atom stereocenters. The van der Waals surface area contributed by atoms with Crippen LogP contribution in [-0.4, -0.2) is 31.5 Å². The van der Waals surface area contributed by atoms with Gasteiger partial charge in [0.15, 0.2) is 0 Å². The Hall–Kier alpha value is -1.03. The lowest BCUT2D eigenvalue weighted by Gasteiger charge is -2.11. The van der Waals surface area contributed by atoms with Crippen LogP contribution in [0.2, 0.25) is 0 Å². The Kier molecular flexibility index (Phi) is 5.68. The number of rotatable bonds is 7. The number of anilines is 1. The molecule has 114 valence electrons. The molecular weight excluding hydrogens is 376 g/mol. The number of nitrogens with zero attached hydrogens (tertiary/aromatic N) is 2. The van der Waals surface area contributed by atoms with Crippen LogP contribution in [0.1, 0.15) is 11.9 Å². The van der Waals surface area contributed by atoms with Crippen molar-refractivity contribution in [2.75, 3.05) is 18.4 Å². The smallest absolute Gasteiger partial charge is 0.244 e. The average molecular weight is 391 g/mol. The predicted octanol–water partition coefficient (Wildman–Crippen LogP) is 2.25. The first kappa shape index (κ1) is 16.3. The third-order valence-corrected chi connectivity index (χ3v) is 5.31. The van der Waals surface area contributed by atoms with Crippen molar-refractivity contribution in [1.82, 2.24) is 14.7 Å². The van der Waals surface area contributed by atoms with Gasteiger partial charge in [0.2, 0.25) is 10.0 Å². The number of aromatic nitrogens is 2. The van der Waals surface area contributed by atoms with E-state index in [2.05, 4.69) is 35.9 Å². The molecule has 0 aliphatic rings. The molecule has 2 rings (SSSR count). The maximum atomic E-state index is 12.4. The summed E-state index contributed by atoms with van der Waals surface area (Å²) in [6.07, 6.45) is 3.83. The maximum absolute atomic E-state index is 12.4. The van der Waals surface area contributed by atoms with E-state index < -0.39 is 10.0 Å². The van der Waals surface area contributed by atoms with E-state index in [-0.39, 0.29) is 4.90 Å². The van der Waals surface area contributed by atoms with Crippen LogP contribution < -0.4 is 10.0 Å². The minimum atomic E-state index is -3.62. The number of nitrogens with one attached hydrogen (secondary N) is 2. The first-order chi connectivity index (χ1) is 10.0. The molecule has 9 heteroatoms. The van der Waals surface area contributed by atoms with Gasteiger partial charge in [-0.05, 0) is 28.9 Å². The standard InChI is InChI=1S/C12H15BrN4O2S2/c1-2-14-12-10(7-9(13)8-16-12)21(18,19)17-4-3-11-15-5-6-20-11/h5-8,17H,2-4H2,1H3,(H,14,16). The molecule has 2 aromatic heterocycles. The summed E-state index contributed by atoms with van der Waals surface area (Å²) in [4.78, 5) is 8.36. The zero-order valence-corrected chi connectivity index (χ0v) is 14.6. The molecule has 2 aromatic rings. The van der Waals surface area contributed by atoms with Crippen LogP contribution in [0.15, 0.2) is 33.2 Å². The number of hydrogen-bond donors (Lipinski definition) is 2. The minimum Gasteiger partial charge on any atom is -0.369 e. The van der Waals surface area contributed by atoms with Gasteiger partial charge in [0.25, 0.3) is 0 Å². The van der Waals surface area contributed by atoms with E-state index in [9.17, 15) is 8.42 Å². The van der Waals surface area contributed by atoms with Crippen molar-refractivity contribution in [3.63, 3.8) is 0 Å². The molecule has 0 saturated heterocycles. The highest BCUT2D eigenvalue weighted by Gasteiger charge is 2.19. The number of pyridine rings is 1. The molecule has 2 heterocycles. The van der Waals surface area contributed by atoms with Crippen LogP contribution in [0, 0.1) is 0 Å². The lowest BCUT2D eigenvalue weighted by atomic mass is 10.4. The number of hydrogen-bond acceptors (Lipinski definition) is 6. The molecule has 0 saturated carbocycles. The third kappa shape index (κ3) is 4.47. The molecule has 0 aliphatic heterocycles. The van der Waals surface area contributed by atoms with Crippen molar-refractivity contribution < 1.29 is 8.42 Å². The Labute approximate surface area is 136 Å². The molecule has 0 fully saturated rings. The lowest BCUT2D eigenvalue weighted by Crippen LogP contribution is -2.27. The SMILES string of the molecule is CCNc1ncc(Br)cc1S(=O)(=O)NCCc1nccs1. The summed E-state index contributed by atoms with van der Waals surface area (Å²) in [5.41, 5.74) is 0. The number of thiazole rings is 1. The second-order valence-corrected chi connectivity index (χ2v) is 7.73. The van der Waals surface area contributed by atoms with Crippen LogP contribution in [0.25, 0.3) is 0 Å². The molecule has 0 unspecified atom stereocenters. The lowest BCUT2D eigenvalue weighted by molar-refractivity contribution is 0.581. The fourth-order valence-corrected chi connectivity index (χ4v) is 3.96. The zero-order chi connectivity index (χ0) is 15.3. The molecule has 0 bridgehead atoms. The zero-order valence-electron chi connectivity index (χ0n) is 11.3. The molecule has 0 aromatic carbocycles. The van der Waals surface area contributed by atoms with Crippen LogP contribution >= 0.6 is 27.3 Å². The first-order valence-electron chi connectivity index (χ1n) is 6.30. The van der Waals surface area contributed by atoms with E-state index in [1.807, 2.05) is 12.3 Å². The summed E-state index contributed by atoms with van der Waals surface area (Å²) < 4.78 is 28.0. The van der Waals surface area contributed by atoms with Crippen molar-refractivity contribution in [2.24, 2.45) is 0 Å². The van der Waals surface area contributed by atoms with Crippen molar-refractivity contribution in [1.29, 1.82) is 0 Å².